The monoisotopic (exact) mass is 333 g/mol. The van der Waals surface area contributed by atoms with Gasteiger partial charge in [-0.2, -0.15) is 0 Å². The number of halogens is 1. The molecule has 2 aromatic carbocycles. The van der Waals surface area contributed by atoms with E-state index in [4.69, 9.17) is 16.3 Å². The number of carbonyl (C=O) groups is 1. The molecule has 3 rings (SSSR count). The molecular weight excluding hydrogens is 322 g/mol. The maximum atomic E-state index is 12.2. The van der Waals surface area contributed by atoms with Crippen LogP contribution in [0, 0.1) is 0 Å². The van der Waals surface area contributed by atoms with E-state index in [1.165, 1.54) is 18.9 Å². The van der Waals surface area contributed by atoms with Gasteiger partial charge in [-0.05, 0) is 35.9 Å². The normalized spacial score (nSPS) is 15.4. The van der Waals surface area contributed by atoms with E-state index in [2.05, 4.69) is 5.32 Å². The van der Waals surface area contributed by atoms with Crippen LogP contribution in [0.4, 0.5) is 5.69 Å². The molecule has 22 heavy (non-hydrogen) atoms. The average Bonchev–Trinajstić information content (AvgIpc) is 2.51. The molecule has 0 spiro atoms. The van der Waals surface area contributed by atoms with Crippen LogP contribution in [0.1, 0.15) is 5.56 Å². The summed E-state index contributed by atoms with van der Waals surface area (Å²) in [5.41, 5.74) is 1.48. The van der Waals surface area contributed by atoms with Crippen LogP contribution >= 0.6 is 23.4 Å². The third-order valence-corrected chi connectivity index (χ3v) is 4.53. The van der Waals surface area contributed by atoms with Gasteiger partial charge >= 0.3 is 0 Å². The summed E-state index contributed by atoms with van der Waals surface area (Å²) >= 11 is 7.35. The summed E-state index contributed by atoms with van der Waals surface area (Å²) in [4.78, 5) is 13.7. The lowest BCUT2D eigenvalue weighted by Crippen LogP contribution is -2.17. The second-order valence-corrected chi connectivity index (χ2v) is 6.11. The number of ether oxygens (including phenoxy) is 1. The Morgan fingerprint density at radius 3 is 2.86 bits per heavy atom. The number of para-hydroxylation sites is 1. The SMILES string of the molecule is COc1cc(/C=C2\Sc3ccccc3NC2=O)cc(Cl)c1O. The van der Waals surface area contributed by atoms with Crippen molar-refractivity contribution in [2.24, 2.45) is 0 Å². The Kier molecular flexibility index (Phi) is 4.00. The van der Waals surface area contributed by atoms with Gasteiger partial charge in [-0.3, -0.25) is 4.79 Å². The van der Waals surface area contributed by atoms with Crippen LogP contribution in [0.5, 0.6) is 11.5 Å². The van der Waals surface area contributed by atoms with Crippen molar-refractivity contribution < 1.29 is 14.6 Å². The molecule has 1 aliphatic heterocycles. The number of thioether (sulfide) groups is 1. The molecule has 4 nitrogen and oxygen atoms in total. The maximum Gasteiger partial charge on any atom is 0.262 e. The summed E-state index contributed by atoms with van der Waals surface area (Å²) in [6, 6.07) is 10.8. The lowest BCUT2D eigenvalue weighted by Gasteiger charge is -2.18. The molecule has 0 radical (unpaired) electrons. The number of carbonyl (C=O) groups excluding carboxylic acids is 1. The van der Waals surface area contributed by atoms with Crippen LogP contribution in [-0.2, 0) is 4.79 Å². The van der Waals surface area contributed by atoms with Crippen molar-refractivity contribution in [2.75, 3.05) is 12.4 Å². The fourth-order valence-corrected chi connectivity index (χ4v) is 3.26. The van der Waals surface area contributed by atoms with Gasteiger partial charge in [0, 0.05) is 4.90 Å². The Bertz CT molecular complexity index is 789. The van der Waals surface area contributed by atoms with Crippen LogP contribution in [0.2, 0.25) is 5.02 Å². The number of hydrogen-bond acceptors (Lipinski definition) is 4. The number of phenols is 1. The zero-order chi connectivity index (χ0) is 15.7. The zero-order valence-corrected chi connectivity index (χ0v) is 13.2. The molecule has 1 amide bonds. The predicted molar refractivity (Wildman–Crippen MR) is 88.6 cm³/mol. The Morgan fingerprint density at radius 1 is 1.32 bits per heavy atom. The van der Waals surface area contributed by atoms with Crippen LogP contribution < -0.4 is 10.1 Å². The number of anilines is 1. The quantitative estimate of drug-likeness (QED) is 0.811. The Hall–Kier alpha value is -2.11. The van der Waals surface area contributed by atoms with Crippen LogP contribution in [0.15, 0.2) is 46.2 Å². The average molecular weight is 334 g/mol. The number of hydrogen-bond donors (Lipinski definition) is 2. The first-order chi connectivity index (χ1) is 10.6. The fourth-order valence-electron chi connectivity index (χ4n) is 2.09. The highest BCUT2D eigenvalue weighted by Crippen LogP contribution is 2.40. The number of methoxy groups -OCH3 is 1. The first-order valence-electron chi connectivity index (χ1n) is 6.45. The number of amides is 1. The lowest BCUT2D eigenvalue weighted by molar-refractivity contribution is -0.112. The van der Waals surface area contributed by atoms with E-state index in [0.29, 0.717) is 10.5 Å². The van der Waals surface area contributed by atoms with Gasteiger partial charge in [0.05, 0.1) is 22.7 Å². The Morgan fingerprint density at radius 2 is 2.09 bits per heavy atom. The molecule has 2 N–H and O–H groups in total. The number of phenolic OH excluding ortho intramolecular Hbond substituents is 1. The minimum atomic E-state index is -0.174. The van der Waals surface area contributed by atoms with Gasteiger partial charge in [-0.15, -0.1) is 0 Å². The van der Waals surface area contributed by atoms with Gasteiger partial charge in [0.2, 0.25) is 0 Å². The van der Waals surface area contributed by atoms with Crippen molar-refractivity contribution >= 4 is 41.0 Å². The second kappa shape index (κ2) is 5.94. The van der Waals surface area contributed by atoms with Crippen molar-refractivity contribution in [3.05, 3.63) is 51.9 Å². The smallest absolute Gasteiger partial charge is 0.262 e. The molecule has 0 aliphatic carbocycles. The van der Waals surface area contributed by atoms with Crippen molar-refractivity contribution in [3.63, 3.8) is 0 Å². The highest BCUT2D eigenvalue weighted by Gasteiger charge is 2.20. The molecule has 1 heterocycles. The van der Waals surface area contributed by atoms with Gasteiger partial charge in [-0.25, -0.2) is 0 Å². The van der Waals surface area contributed by atoms with Crippen LogP contribution in [-0.4, -0.2) is 18.1 Å². The number of aromatic hydroxyl groups is 1. The van der Waals surface area contributed by atoms with Gasteiger partial charge in [-0.1, -0.05) is 35.5 Å². The molecule has 0 atom stereocenters. The molecular formula is C16H12ClNO3S. The summed E-state index contributed by atoms with van der Waals surface area (Å²) in [6.07, 6.45) is 1.71. The van der Waals surface area contributed by atoms with E-state index in [1.807, 2.05) is 24.3 Å². The Balaban J connectivity index is 1.99. The third-order valence-electron chi connectivity index (χ3n) is 3.15. The van der Waals surface area contributed by atoms with E-state index in [1.54, 1.807) is 18.2 Å². The second-order valence-electron chi connectivity index (χ2n) is 4.61. The summed E-state index contributed by atoms with van der Waals surface area (Å²) in [6.45, 7) is 0. The largest absolute Gasteiger partial charge is 0.503 e. The zero-order valence-electron chi connectivity index (χ0n) is 11.6. The molecule has 112 valence electrons. The number of fused-ring (bicyclic) bond motifs is 1. The van der Waals surface area contributed by atoms with E-state index in [-0.39, 0.29) is 22.4 Å². The molecule has 1 aliphatic rings. The molecule has 0 unspecified atom stereocenters. The standard InChI is InChI=1S/C16H12ClNO3S/c1-21-12-7-9(6-10(17)15(12)19)8-14-16(20)18-11-4-2-3-5-13(11)22-14/h2-8,19H,1H3,(H,18,20)/b14-8-. The Labute approximate surface area is 136 Å². The van der Waals surface area contributed by atoms with E-state index in [9.17, 15) is 9.90 Å². The third kappa shape index (κ3) is 2.77. The highest BCUT2D eigenvalue weighted by molar-refractivity contribution is 8.04. The molecule has 0 saturated heterocycles. The number of benzene rings is 2. The molecule has 0 bridgehead atoms. The number of nitrogens with one attached hydrogen (secondary N) is 1. The first-order valence-corrected chi connectivity index (χ1v) is 7.64. The van der Waals surface area contributed by atoms with Crippen molar-refractivity contribution in [1.29, 1.82) is 0 Å². The van der Waals surface area contributed by atoms with E-state index < -0.39 is 0 Å². The molecule has 0 aromatic heterocycles. The molecule has 0 saturated carbocycles. The van der Waals surface area contributed by atoms with Crippen LogP contribution in [0.3, 0.4) is 0 Å². The minimum Gasteiger partial charge on any atom is -0.503 e. The van der Waals surface area contributed by atoms with Crippen molar-refractivity contribution in [3.8, 4) is 11.5 Å². The highest BCUT2D eigenvalue weighted by atomic mass is 35.5. The molecule has 0 fully saturated rings. The lowest BCUT2D eigenvalue weighted by atomic mass is 10.2. The topological polar surface area (TPSA) is 58.6 Å². The van der Waals surface area contributed by atoms with Gasteiger partial charge < -0.3 is 15.2 Å². The summed E-state index contributed by atoms with van der Waals surface area (Å²) in [5.74, 6) is -0.0229. The predicted octanol–water partition coefficient (Wildman–Crippen LogP) is 4.14. The van der Waals surface area contributed by atoms with E-state index in [0.717, 1.165) is 10.6 Å². The molecule has 6 heteroatoms. The van der Waals surface area contributed by atoms with Crippen molar-refractivity contribution in [2.45, 2.75) is 4.90 Å². The molecule has 2 aromatic rings. The summed E-state index contributed by atoms with van der Waals surface area (Å²) in [7, 11) is 1.45. The fraction of sp³-hybridized carbons (Fsp3) is 0.0625. The maximum absolute atomic E-state index is 12.2. The van der Waals surface area contributed by atoms with Gasteiger partial charge in [0.15, 0.2) is 11.5 Å². The summed E-state index contributed by atoms with van der Waals surface area (Å²) < 4.78 is 5.07. The van der Waals surface area contributed by atoms with Gasteiger partial charge in [0.25, 0.3) is 5.91 Å². The number of rotatable bonds is 2. The minimum absolute atomic E-state index is 0.114. The van der Waals surface area contributed by atoms with E-state index >= 15 is 0 Å². The summed E-state index contributed by atoms with van der Waals surface area (Å²) in [5, 5.41) is 12.8. The van der Waals surface area contributed by atoms with Gasteiger partial charge in [0.1, 0.15) is 0 Å². The van der Waals surface area contributed by atoms with Crippen LogP contribution in [0.25, 0.3) is 6.08 Å². The van der Waals surface area contributed by atoms with Crippen molar-refractivity contribution in [1.82, 2.24) is 0 Å². The first kappa shape index (κ1) is 14.8.